The minimum atomic E-state index is -0.863. The number of carboxylic acids is 1. The Hall–Kier alpha value is -1.10. The summed E-state index contributed by atoms with van der Waals surface area (Å²) in [5.41, 5.74) is 0. The van der Waals surface area contributed by atoms with Crippen LogP contribution in [-0.4, -0.2) is 47.6 Å². The molecule has 2 saturated heterocycles. The van der Waals surface area contributed by atoms with E-state index in [-0.39, 0.29) is 5.91 Å². The van der Waals surface area contributed by atoms with Gasteiger partial charge in [-0.25, -0.2) is 4.79 Å². The van der Waals surface area contributed by atoms with Crippen LogP contribution in [0.2, 0.25) is 0 Å². The number of likely N-dealkylation sites (tertiary alicyclic amines) is 1. The highest BCUT2D eigenvalue weighted by molar-refractivity contribution is 5.84. The van der Waals surface area contributed by atoms with Gasteiger partial charge in [0.1, 0.15) is 6.04 Å². The third-order valence-electron chi connectivity index (χ3n) is 3.79. The van der Waals surface area contributed by atoms with Gasteiger partial charge in [0.2, 0.25) is 5.91 Å². The summed E-state index contributed by atoms with van der Waals surface area (Å²) in [6.45, 7) is 2.65. The first-order chi connectivity index (χ1) is 8.18. The zero-order valence-corrected chi connectivity index (χ0v) is 10.0. The van der Waals surface area contributed by atoms with Gasteiger partial charge in [-0.05, 0) is 44.7 Å². The van der Waals surface area contributed by atoms with E-state index in [1.54, 1.807) is 4.90 Å². The van der Waals surface area contributed by atoms with Gasteiger partial charge >= 0.3 is 5.97 Å². The minimum Gasteiger partial charge on any atom is -0.480 e. The molecule has 0 saturated carbocycles. The molecule has 96 valence electrons. The molecule has 0 spiro atoms. The van der Waals surface area contributed by atoms with Gasteiger partial charge in [0, 0.05) is 13.0 Å². The molecule has 0 aromatic rings. The van der Waals surface area contributed by atoms with Crippen LogP contribution in [0.1, 0.15) is 32.1 Å². The van der Waals surface area contributed by atoms with Gasteiger partial charge in [-0.3, -0.25) is 4.79 Å². The topological polar surface area (TPSA) is 69.6 Å². The Morgan fingerprint density at radius 1 is 1.35 bits per heavy atom. The highest BCUT2D eigenvalue weighted by Crippen LogP contribution is 2.21. The molecule has 0 aromatic heterocycles. The molecule has 0 aromatic carbocycles. The van der Waals surface area contributed by atoms with Gasteiger partial charge < -0.3 is 15.3 Å². The van der Waals surface area contributed by atoms with Crippen LogP contribution in [0, 0.1) is 5.92 Å². The van der Waals surface area contributed by atoms with E-state index in [1.165, 1.54) is 0 Å². The summed E-state index contributed by atoms with van der Waals surface area (Å²) in [7, 11) is 0. The van der Waals surface area contributed by atoms with E-state index >= 15 is 0 Å². The van der Waals surface area contributed by atoms with E-state index in [4.69, 9.17) is 5.11 Å². The van der Waals surface area contributed by atoms with E-state index in [2.05, 4.69) is 5.32 Å². The first kappa shape index (κ1) is 12.4. The number of hydrogen-bond acceptors (Lipinski definition) is 3. The van der Waals surface area contributed by atoms with E-state index in [1.807, 2.05) is 0 Å². The molecular weight excluding hydrogens is 220 g/mol. The molecule has 0 radical (unpaired) electrons. The summed E-state index contributed by atoms with van der Waals surface area (Å²) in [6.07, 6.45) is 3.93. The Morgan fingerprint density at radius 3 is 2.82 bits per heavy atom. The number of nitrogens with zero attached hydrogens (tertiary/aromatic N) is 1. The predicted octanol–water partition coefficient (Wildman–Crippen LogP) is 0.452. The summed E-state index contributed by atoms with van der Waals surface area (Å²) >= 11 is 0. The number of rotatable bonds is 4. The second-order valence-electron chi connectivity index (χ2n) is 4.98. The van der Waals surface area contributed by atoms with Crippen LogP contribution in [-0.2, 0) is 9.59 Å². The maximum atomic E-state index is 12.0. The molecule has 2 aliphatic rings. The van der Waals surface area contributed by atoms with Crippen LogP contribution < -0.4 is 5.32 Å². The van der Waals surface area contributed by atoms with Crippen LogP contribution >= 0.6 is 0 Å². The highest BCUT2D eigenvalue weighted by Gasteiger charge is 2.33. The van der Waals surface area contributed by atoms with Crippen LogP contribution in [0.25, 0.3) is 0 Å². The average molecular weight is 240 g/mol. The zero-order chi connectivity index (χ0) is 12.3. The SMILES string of the molecule is O=C(O)[C@H]1CCCN1C(=O)CCC1CCNC1. The maximum Gasteiger partial charge on any atom is 0.326 e. The maximum absolute atomic E-state index is 12.0. The fourth-order valence-electron chi connectivity index (χ4n) is 2.75. The standard InChI is InChI=1S/C12H20N2O3/c15-11(4-3-9-5-6-13-8-9)14-7-1-2-10(14)12(16)17/h9-10,13H,1-8H2,(H,16,17)/t9?,10-/m1/s1. The van der Waals surface area contributed by atoms with E-state index in [0.717, 1.165) is 32.4 Å². The highest BCUT2D eigenvalue weighted by atomic mass is 16.4. The van der Waals surface area contributed by atoms with E-state index in [0.29, 0.717) is 25.3 Å². The van der Waals surface area contributed by atoms with Crippen molar-refractivity contribution in [3.63, 3.8) is 0 Å². The van der Waals surface area contributed by atoms with Crippen molar-refractivity contribution in [2.24, 2.45) is 5.92 Å². The Bertz CT molecular complexity index is 300. The number of carboxylic acid groups (broad SMARTS) is 1. The van der Waals surface area contributed by atoms with Crippen LogP contribution in [0.15, 0.2) is 0 Å². The van der Waals surface area contributed by atoms with Crippen molar-refractivity contribution in [2.45, 2.75) is 38.1 Å². The van der Waals surface area contributed by atoms with Crippen molar-refractivity contribution in [3.8, 4) is 0 Å². The van der Waals surface area contributed by atoms with Gasteiger partial charge in [0.15, 0.2) is 0 Å². The Labute approximate surface area is 101 Å². The number of hydrogen-bond donors (Lipinski definition) is 2. The fraction of sp³-hybridized carbons (Fsp3) is 0.833. The largest absolute Gasteiger partial charge is 0.480 e. The number of aliphatic carboxylic acids is 1. The van der Waals surface area contributed by atoms with Gasteiger partial charge in [-0.15, -0.1) is 0 Å². The smallest absolute Gasteiger partial charge is 0.326 e. The van der Waals surface area contributed by atoms with Gasteiger partial charge in [-0.2, -0.15) is 0 Å². The normalized spacial score (nSPS) is 28.6. The van der Waals surface area contributed by atoms with Gasteiger partial charge in [0.05, 0.1) is 0 Å². The molecular formula is C12H20N2O3. The molecule has 2 aliphatic heterocycles. The summed E-state index contributed by atoms with van der Waals surface area (Å²) in [5, 5.41) is 12.3. The zero-order valence-electron chi connectivity index (χ0n) is 10.0. The predicted molar refractivity (Wildman–Crippen MR) is 62.6 cm³/mol. The molecule has 0 aliphatic carbocycles. The molecule has 1 unspecified atom stereocenters. The quantitative estimate of drug-likeness (QED) is 0.748. The molecule has 1 amide bonds. The van der Waals surface area contributed by atoms with Crippen molar-refractivity contribution in [1.29, 1.82) is 0 Å². The van der Waals surface area contributed by atoms with E-state index in [9.17, 15) is 9.59 Å². The number of carbonyl (C=O) groups excluding carboxylic acids is 1. The summed E-state index contributed by atoms with van der Waals surface area (Å²) in [5.74, 6) is -0.259. The molecule has 2 atom stereocenters. The lowest BCUT2D eigenvalue weighted by atomic mass is 10.0. The first-order valence-corrected chi connectivity index (χ1v) is 6.41. The molecule has 2 fully saturated rings. The van der Waals surface area contributed by atoms with Crippen molar-refractivity contribution in [3.05, 3.63) is 0 Å². The second-order valence-corrected chi connectivity index (χ2v) is 4.98. The van der Waals surface area contributed by atoms with Gasteiger partial charge in [0.25, 0.3) is 0 Å². The number of carbonyl (C=O) groups is 2. The van der Waals surface area contributed by atoms with Crippen molar-refractivity contribution < 1.29 is 14.7 Å². The Balaban J connectivity index is 1.80. The fourth-order valence-corrected chi connectivity index (χ4v) is 2.75. The summed E-state index contributed by atoms with van der Waals surface area (Å²) in [4.78, 5) is 24.5. The minimum absolute atomic E-state index is 0.0156. The second kappa shape index (κ2) is 5.49. The van der Waals surface area contributed by atoms with Crippen molar-refractivity contribution >= 4 is 11.9 Å². The molecule has 17 heavy (non-hydrogen) atoms. The Morgan fingerprint density at radius 2 is 2.18 bits per heavy atom. The summed E-state index contributed by atoms with van der Waals surface area (Å²) in [6, 6.07) is -0.579. The lowest BCUT2D eigenvalue weighted by Crippen LogP contribution is -2.40. The summed E-state index contributed by atoms with van der Waals surface area (Å²) < 4.78 is 0. The van der Waals surface area contributed by atoms with Crippen LogP contribution in [0.3, 0.4) is 0 Å². The van der Waals surface area contributed by atoms with E-state index < -0.39 is 12.0 Å². The molecule has 5 heteroatoms. The van der Waals surface area contributed by atoms with Crippen molar-refractivity contribution in [1.82, 2.24) is 10.2 Å². The lowest BCUT2D eigenvalue weighted by Gasteiger charge is -2.22. The third-order valence-corrected chi connectivity index (χ3v) is 3.79. The van der Waals surface area contributed by atoms with Crippen LogP contribution in [0.4, 0.5) is 0 Å². The number of amides is 1. The third kappa shape index (κ3) is 2.97. The average Bonchev–Trinajstić information content (AvgIpc) is 2.96. The van der Waals surface area contributed by atoms with Gasteiger partial charge in [-0.1, -0.05) is 0 Å². The molecule has 2 rings (SSSR count). The Kier molecular flexibility index (Phi) is 3.99. The first-order valence-electron chi connectivity index (χ1n) is 6.41. The van der Waals surface area contributed by atoms with Crippen molar-refractivity contribution in [2.75, 3.05) is 19.6 Å². The lowest BCUT2D eigenvalue weighted by molar-refractivity contribution is -0.148. The molecule has 0 bridgehead atoms. The van der Waals surface area contributed by atoms with Crippen LogP contribution in [0.5, 0.6) is 0 Å². The monoisotopic (exact) mass is 240 g/mol. The molecule has 5 nitrogen and oxygen atoms in total. The molecule has 2 heterocycles. The number of nitrogens with one attached hydrogen (secondary N) is 1. The molecule has 2 N–H and O–H groups in total.